The zero-order valence-corrected chi connectivity index (χ0v) is 11.7. The Kier molecular flexibility index (Phi) is 2.75. The molecule has 0 radical (unpaired) electrons. The van der Waals surface area contributed by atoms with Crippen molar-refractivity contribution in [3.05, 3.63) is 35.8 Å². The first-order valence-corrected chi connectivity index (χ1v) is 7.63. The lowest BCUT2D eigenvalue weighted by Gasteiger charge is -2.33. The predicted octanol–water partition coefficient (Wildman–Crippen LogP) is 1.29. The Bertz CT molecular complexity index is 687. The number of aryl methyl sites for hydroxylation is 1. The highest BCUT2D eigenvalue weighted by molar-refractivity contribution is 7.89. The van der Waals surface area contributed by atoms with Gasteiger partial charge in [-0.2, -0.15) is 9.40 Å². The normalized spacial score (nSPS) is 20.4. The molecule has 102 valence electrons. The molecule has 3 rings (SSSR count). The number of nitrogens with zero attached hydrogens (tertiary/aromatic N) is 3. The molecule has 0 aromatic carbocycles. The third kappa shape index (κ3) is 1.81. The van der Waals surface area contributed by atoms with Crippen LogP contribution in [0.4, 0.5) is 0 Å². The Hall–Kier alpha value is -1.60. The zero-order valence-electron chi connectivity index (χ0n) is 10.9. The van der Waals surface area contributed by atoms with Crippen molar-refractivity contribution in [3.8, 4) is 0 Å². The van der Waals surface area contributed by atoms with E-state index in [0.29, 0.717) is 13.1 Å². The summed E-state index contributed by atoms with van der Waals surface area (Å²) < 4.78 is 28.7. The van der Waals surface area contributed by atoms with Crippen LogP contribution in [0.5, 0.6) is 0 Å². The highest BCUT2D eigenvalue weighted by Gasteiger charge is 2.35. The SMILES string of the molecule is Cc1ccc2n1CCN(S(=O)(=O)c1ccn[nH]1)C2C. The molecule has 19 heavy (non-hydrogen) atoms. The minimum atomic E-state index is -3.50. The topological polar surface area (TPSA) is 71.0 Å². The van der Waals surface area contributed by atoms with Gasteiger partial charge in [0.25, 0.3) is 10.0 Å². The number of fused-ring (bicyclic) bond motifs is 1. The van der Waals surface area contributed by atoms with Gasteiger partial charge >= 0.3 is 0 Å². The number of sulfonamides is 1. The summed E-state index contributed by atoms with van der Waals surface area (Å²) >= 11 is 0. The van der Waals surface area contributed by atoms with E-state index in [2.05, 4.69) is 14.8 Å². The van der Waals surface area contributed by atoms with Crippen molar-refractivity contribution in [2.24, 2.45) is 0 Å². The van der Waals surface area contributed by atoms with Crippen LogP contribution in [0.1, 0.15) is 24.4 Å². The Morgan fingerprint density at radius 3 is 2.79 bits per heavy atom. The average molecular weight is 280 g/mol. The minimum absolute atomic E-state index is 0.149. The maximum absolute atomic E-state index is 12.5. The first-order chi connectivity index (χ1) is 9.01. The molecule has 7 heteroatoms. The minimum Gasteiger partial charge on any atom is -0.346 e. The van der Waals surface area contributed by atoms with Crippen LogP contribution in [0, 0.1) is 6.92 Å². The van der Waals surface area contributed by atoms with Crippen molar-refractivity contribution in [2.45, 2.75) is 31.5 Å². The van der Waals surface area contributed by atoms with Crippen molar-refractivity contribution >= 4 is 10.0 Å². The van der Waals surface area contributed by atoms with E-state index in [1.807, 2.05) is 26.0 Å². The number of H-pyrrole nitrogens is 1. The van der Waals surface area contributed by atoms with Crippen molar-refractivity contribution in [2.75, 3.05) is 6.54 Å². The molecule has 2 aromatic rings. The molecule has 0 bridgehead atoms. The van der Waals surface area contributed by atoms with Crippen molar-refractivity contribution in [3.63, 3.8) is 0 Å². The van der Waals surface area contributed by atoms with Gasteiger partial charge in [0.05, 0.1) is 12.2 Å². The molecular weight excluding hydrogens is 264 g/mol. The van der Waals surface area contributed by atoms with E-state index >= 15 is 0 Å². The van der Waals surface area contributed by atoms with Crippen LogP contribution < -0.4 is 0 Å². The Balaban J connectivity index is 2.01. The lowest BCUT2D eigenvalue weighted by atomic mass is 10.2. The van der Waals surface area contributed by atoms with Gasteiger partial charge in [0, 0.05) is 24.5 Å². The highest BCUT2D eigenvalue weighted by Crippen LogP contribution is 2.31. The summed E-state index contributed by atoms with van der Waals surface area (Å²) in [6.07, 6.45) is 1.45. The van der Waals surface area contributed by atoms with Gasteiger partial charge in [0.2, 0.25) is 0 Å². The second-order valence-corrected chi connectivity index (χ2v) is 6.62. The number of hydrogen-bond donors (Lipinski definition) is 1. The number of rotatable bonds is 2. The second-order valence-electron chi connectivity index (χ2n) is 4.76. The molecule has 3 heterocycles. The van der Waals surface area contributed by atoms with Crippen LogP contribution in [0.15, 0.2) is 29.4 Å². The Labute approximate surface area is 112 Å². The quantitative estimate of drug-likeness (QED) is 0.901. The molecule has 0 aliphatic carbocycles. The van der Waals surface area contributed by atoms with Gasteiger partial charge in [0.1, 0.15) is 0 Å². The smallest absolute Gasteiger partial charge is 0.260 e. The van der Waals surface area contributed by atoms with Crippen LogP contribution >= 0.6 is 0 Å². The fourth-order valence-corrected chi connectivity index (χ4v) is 4.14. The Morgan fingerprint density at radius 1 is 1.32 bits per heavy atom. The van der Waals surface area contributed by atoms with Gasteiger partial charge in [0.15, 0.2) is 5.03 Å². The van der Waals surface area contributed by atoms with Gasteiger partial charge in [-0.05, 0) is 32.0 Å². The number of aromatic nitrogens is 3. The molecular formula is C12H16N4O2S. The van der Waals surface area contributed by atoms with Gasteiger partial charge in [-0.1, -0.05) is 0 Å². The van der Waals surface area contributed by atoms with E-state index in [1.165, 1.54) is 22.3 Å². The molecule has 0 spiro atoms. The van der Waals surface area contributed by atoms with Crippen molar-refractivity contribution in [1.29, 1.82) is 0 Å². The van der Waals surface area contributed by atoms with Gasteiger partial charge in [-0.3, -0.25) is 5.10 Å². The number of hydrogen-bond acceptors (Lipinski definition) is 3. The maximum Gasteiger partial charge on any atom is 0.260 e. The van der Waals surface area contributed by atoms with E-state index in [0.717, 1.165) is 5.69 Å². The van der Waals surface area contributed by atoms with E-state index in [1.54, 1.807) is 0 Å². The summed E-state index contributed by atoms with van der Waals surface area (Å²) in [7, 11) is -3.50. The molecule has 0 fully saturated rings. The summed E-state index contributed by atoms with van der Waals surface area (Å²) in [5.41, 5.74) is 2.20. The maximum atomic E-state index is 12.5. The molecule has 2 aromatic heterocycles. The average Bonchev–Trinajstić information content (AvgIpc) is 3.00. The summed E-state index contributed by atoms with van der Waals surface area (Å²) in [6, 6.07) is 5.34. The third-order valence-corrected chi connectivity index (χ3v) is 5.60. The molecule has 6 nitrogen and oxygen atoms in total. The fourth-order valence-electron chi connectivity index (χ4n) is 2.64. The van der Waals surface area contributed by atoms with E-state index in [-0.39, 0.29) is 11.1 Å². The largest absolute Gasteiger partial charge is 0.346 e. The molecule has 0 amide bonds. The first-order valence-electron chi connectivity index (χ1n) is 6.19. The third-order valence-electron chi connectivity index (χ3n) is 3.70. The van der Waals surface area contributed by atoms with Crippen LogP contribution in [-0.2, 0) is 16.6 Å². The summed E-state index contributed by atoms with van der Waals surface area (Å²) in [5.74, 6) is 0. The Morgan fingerprint density at radius 2 is 2.11 bits per heavy atom. The first kappa shape index (κ1) is 12.4. The van der Waals surface area contributed by atoms with Crippen molar-refractivity contribution in [1.82, 2.24) is 19.1 Å². The van der Waals surface area contributed by atoms with Crippen LogP contribution in [0.25, 0.3) is 0 Å². The lowest BCUT2D eigenvalue weighted by molar-refractivity contribution is 0.280. The van der Waals surface area contributed by atoms with Crippen molar-refractivity contribution < 1.29 is 8.42 Å². The molecule has 1 aliphatic heterocycles. The van der Waals surface area contributed by atoms with E-state index in [4.69, 9.17) is 0 Å². The predicted molar refractivity (Wildman–Crippen MR) is 70.1 cm³/mol. The summed E-state index contributed by atoms with van der Waals surface area (Å²) in [4.78, 5) is 0. The van der Waals surface area contributed by atoms with E-state index in [9.17, 15) is 8.42 Å². The summed E-state index contributed by atoms with van der Waals surface area (Å²) in [5, 5.41) is 6.41. The summed E-state index contributed by atoms with van der Waals surface area (Å²) in [6.45, 7) is 5.12. The van der Waals surface area contributed by atoms with Crippen LogP contribution in [0.3, 0.4) is 0 Å². The highest BCUT2D eigenvalue weighted by atomic mass is 32.2. The van der Waals surface area contributed by atoms with E-state index < -0.39 is 10.0 Å². The zero-order chi connectivity index (χ0) is 13.6. The van der Waals surface area contributed by atoms with Crippen LogP contribution in [-0.4, -0.2) is 34.0 Å². The fraction of sp³-hybridized carbons (Fsp3) is 0.417. The standard InChI is InChI=1S/C12H16N4O2S/c1-9-3-4-11-10(2)16(8-7-15(9)11)19(17,18)12-5-6-13-14-12/h3-6,10H,7-8H2,1-2H3,(H,13,14). The van der Waals surface area contributed by atoms with Gasteiger partial charge in [-0.15, -0.1) is 0 Å². The monoisotopic (exact) mass is 280 g/mol. The molecule has 0 saturated carbocycles. The van der Waals surface area contributed by atoms with Gasteiger partial charge in [-0.25, -0.2) is 8.42 Å². The lowest BCUT2D eigenvalue weighted by Crippen LogP contribution is -2.41. The molecule has 1 N–H and O–H groups in total. The molecule has 0 saturated heterocycles. The van der Waals surface area contributed by atoms with Crippen LogP contribution in [0.2, 0.25) is 0 Å². The molecule has 1 aliphatic rings. The number of aromatic amines is 1. The second kappa shape index (κ2) is 4.21. The molecule has 1 atom stereocenters. The van der Waals surface area contributed by atoms with Gasteiger partial charge < -0.3 is 4.57 Å². The molecule has 1 unspecified atom stereocenters. The number of nitrogens with one attached hydrogen (secondary N) is 1.